The van der Waals surface area contributed by atoms with Crippen LogP contribution in [0.2, 0.25) is 0 Å². The number of fused-ring (bicyclic) bond motifs is 1. The molecule has 6 heteroatoms. The first-order chi connectivity index (χ1) is 11.8. The van der Waals surface area contributed by atoms with Gasteiger partial charge in [-0.2, -0.15) is 0 Å². The lowest BCUT2D eigenvalue weighted by atomic mass is 10.2. The van der Waals surface area contributed by atoms with Crippen LogP contribution in [0.15, 0.2) is 53.5 Å². The zero-order valence-corrected chi connectivity index (χ0v) is 13.6. The number of hydrogen-bond acceptors (Lipinski definition) is 4. The van der Waals surface area contributed by atoms with Gasteiger partial charge in [-0.25, -0.2) is 0 Å². The fraction of sp³-hybridized carbons (Fsp3) is 0.278. The molecule has 24 heavy (non-hydrogen) atoms. The van der Waals surface area contributed by atoms with Gasteiger partial charge in [0, 0.05) is 19.7 Å². The number of benzene rings is 2. The molecule has 126 valence electrons. The summed E-state index contributed by atoms with van der Waals surface area (Å²) < 4.78 is 16.3. The highest BCUT2D eigenvalue weighted by molar-refractivity contribution is 5.79. The first-order valence-electron chi connectivity index (χ1n) is 7.86. The van der Waals surface area contributed by atoms with Crippen LogP contribution in [0.5, 0.6) is 17.2 Å². The third-order valence-corrected chi connectivity index (χ3v) is 3.53. The molecule has 0 atom stereocenters. The SMILES string of the molecule is CN=C(NCCOc1ccc2c(c1)OCO2)NCc1ccccc1. The van der Waals surface area contributed by atoms with Gasteiger partial charge in [-0.3, -0.25) is 4.99 Å². The smallest absolute Gasteiger partial charge is 0.231 e. The third-order valence-electron chi connectivity index (χ3n) is 3.53. The Morgan fingerprint density at radius 1 is 1.08 bits per heavy atom. The fourth-order valence-electron chi connectivity index (χ4n) is 2.31. The van der Waals surface area contributed by atoms with Crippen molar-refractivity contribution in [3.63, 3.8) is 0 Å². The highest BCUT2D eigenvalue weighted by atomic mass is 16.7. The summed E-state index contributed by atoms with van der Waals surface area (Å²) in [4.78, 5) is 4.20. The van der Waals surface area contributed by atoms with Crippen molar-refractivity contribution in [1.82, 2.24) is 10.6 Å². The van der Waals surface area contributed by atoms with E-state index in [1.165, 1.54) is 5.56 Å². The van der Waals surface area contributed by atoms with Crippen molar-refractivity contribution >= 4 is 5.96 Å². The first kappa shape index (κ1) is 16.0. The maximum atomic E-state index is 5.71. The lowest BCUT2D eigenvalue weighted by molar-refractivity contribution is 0.173. The molecule has 2 aromatic rings. The third kappa shape index (κ3) is 4.32. The van der Waals surface area contributed by atoms with Gasteiger partial charge < -0.3 is 24.8 Å². The van der Waals surface area contributed by atoms with E-state index in [9.17, 15) is 0 Å². The van der Waals surface area contributed by atoms with Gasteiger partial charge in [0.15, 0.2) is 17.5 Å². The Morgan fingerprint density at radius 3 is 2.75 bits per heavy atom. The average Bonchev–Trinajstić information content (AvgIpc) is 3.10. The molecule has 0 spiro atoms. The summed E-state index contributed by atoms with van der Waals surface area (Å²) in [5.74, 6) is 2.98. The van der Waals surface area contributed by atoms with Crippen LogP contribution in [0.1, 0.15) is 5.56 Å². The number of aliphatic imine (C=N–C) groups is 1. The van der Waals surface area contributed by atoms with E-state index in [2.05, 4.69) is 27.8 Å². The minimum atomic E-state index is 0.268. The lowest BCUT2D eigenvalue weighted by Gasteiger charge is -2.12. The predicted octanol–water partition coefficient (Wildman–Crippen LogP) is 2.16. The van der Waals surface area contributed by atoms with Gasteiger partial charge in [0.05, 0.1) is 6.54 Å². The molecule has 1 aliphatic rings. The van der Waals surface area contributed by atoms with E-state index in [1.54, 1.807) is 7.05 Å². The lowest BCUT2D eigenvalue weighted by Crippen LogP contribution is -2.38. The number of guanidine groups is 1. The van der Waals surface area contributed by atoms with Crippen molar-refractivity contribution in [3.8, 4) is 17.2 Å². The summed E-state index contributed by atoms with van der Waals surface area (Å²) in [6.07, 6.45) is 0. The Bertz CT molecular complexity index is 689. The van der Waals surface area contributed by atoms with Crippen LogP contribution < -0.4 is 24.8 Å². The van der Waals surface area contributed by atoms with Gasteiger partial charge in [0.25, 0.3) is 0 Å². The molecule has 0 amide bonds. The number of nitrogens with one attached hydrogen (secondary N) is 2. The van der Waals surface area contributed by atoms with Crippen molar-refractivity contribution in [2.75, 3.05) is 27.0 Å². The van der Waals surface area contributed by atoms with E-state index in [4.69, 9.17) is 14.2 Å². The fourth-order valence-corrected chi connectivity index (χ4v) is 2.31. The molecule has 3 rings (SSSR count). The summed E-state index contributed by atoms with van der Waals surface area (Å²) >= 11 is 0. The normalized spacial score (nSPS) is 12.8. The van der Waals surface area contributed by atoms with Crippen LogP contribution >= 0.6 is 0 Å². The van der Waals surface area contributed by atoms with Crippen LogP contribution in [0.3, 0.4) is 0 Å². The van der Waals surface area contributed by atoms with Crippen molar-refractivity contribution in [1.29, 1.82) is 0 Å². The molecule has 0 saturated carbocycles. The van der Waals surface area contributed by atoms with E-state index in [0.717, 1.165) is 29.8 Å². The summed E-state index contributed by atoms with van der Waals surface area (Å²) in [6, 6.07) is 15.8. The highest BCUT2D eigenvalue weighted by Crippen LogP contribution is 2.34. The molecule has 0 unspecified atom stereocenters. The van der Waals surface area contributed by atoms with Crippen molar-refractivity contribution < 1.29 is 14.2 Å². The van der Waals surface area contributed by atoms with Crippen LogP contribution in [-0.2, 0) is 6.54 Å². The summed E-state index contributed by atoms with van der Waals surface area (Å²) in [7, 11) is 1.75. The monoisotopic (exact) mass is 327 g/mol. The first-order valence-corrected chi connectivity index (χ1v) is 7.86. The molecular formula is C18H21N3O3. The second kappa shape index (κ2) is 8.10. The van der Waals surface area contributed by atoms with Gasteiger partial charge in [-0.1, -0.05) is 30.3 Å². The highest BCUT2D eigenvalue weighted by Gasteiger charge is 2.13. The van der Waals surface area contributed by atoms with Gasteiger partial charge in [0.2, 0.25) is 6.79 Å². The molecule has 0 aliphatic carbocycles. The van der Waals surface area contributed by atoms with E-state index >= 15 is 0 Å². The van der Waals surface area contributed by atoms with Crippen molar-refractivity contribution in [3.05, 3.63) is 54.1 Å². The Morgan fingerprint density at radius 2 is 1.92 bits per heavy atom. The Balaban J connectivity index is 1.38. The second-order valence-electron chi connectivity index (χ2n) is 5.20. The topological polar surface area (TPSA) is 64.1 Å². The molecule has 2 N–H and O–H groups in total. The molecule has 0 saturated heterocycles. The van der Waals surface area contributed by atoms with Gasteiger partial charge in [0.1, 0.15) is 12.4 Å². The van der Waals surface area contributed by atoms with E-state index < -0.39 is 0 Å². The minimum Gasteiger partial charge on any atom is -0.492 e. The quantitative estimate of drug-likeness (QED) is 0.484. The summed E-state index contributed by atoms with van der Waals surface area (Å²) in [5.41, 5.74) is 1.21. The summed E-state index contributed by atoms with van der Waals surface area (Å²) in [5, 5.41) is 6.49. The Kier molecular flexibility index (Phi) is 5.40. The summed E-state index contributed by atoms with van der Waals surface area (Å²) in [6.45, 7) is 2.15. The maximum absolute atomic E-state index is 5.71. The number of rotatable bonds is 6. The predicted molar refractivity (Wildman–Crippen MR) is 92.7 cm³/mol. The van der Waals surface area contributed by atoms with Crippen LogP contribution in [0.25, 0.3) is 0 Å². The second-order valence-corrected chi connectivity index (χ2v) is 5.20. The molecule has 0 fully saturated rings. The maximum Gasteiger partial charge on any atom is 0.231 e. The largest absolute Gasteiger partial charge is 0.492 e. The van der Waals surface area contributed by atoms with Gasteiger partial charge in [-0.05, 0) is 17.7 Å². The van der Waals surface area contributed by atoms with Crippen molar-refractivity contribution in [2.45, 2.75) is 6.54 Å². The Hall–Kier alpha value is -2.89. The van der Waals surface area contributed by atoms with Gasteiger partial charge >= 0.3 is 0 Å². The van der Waals surface area contributed by atoms with Gasteiger partial charge in [-0.15, -0.1) is 0 Å². The molecule has 0 aromatic heterocycles. The van der Waals surface area contributed by atoms with Crippen LogP contribution in [-0.4, -0.2) is 33.0 Å². The number of hydrogen-bond donors (Lipinski definition) is 2. The van der Waals surface area contributed by atoms with Crippen LogP contribution in [0.4, 0.5) is 0 Å². The number of ether oxygens (including phenoxy) is 3. The molecule has 6 nitrogen and oxygen atoms in total. The zero-order valence-electron chi connectivity index (χ0n) is 13.6. The molecular weight excluding hydrogens is 306 g/mol. The molecule has 2 aromatic carbocycles. The minimum absolute atomic E-state index is 0.268. The zero-order chi connectivity index (χ0) is 16.6. The molecule has 1 heterocycles. The molecule has 0 radical (unpaired) electrons. The van der Waals surface area contributed by atoms with Crippen LogP contribution in [0, 0.1) is 0 Å². The Labute approximate surface area is 141 Å². The van der Waals surface area contributed by atoms with Crippen molar-refractivity contribution in [2.24, 2.45) is 4.99 Å². The van der Waals surface area contributed by atoms with E-state index in [1.807, 2.05) is 36.4 Å². The number of nitrogens with zero attached hydrogens (tertiary/aromatic N) is 1. The standard InChI is InChI=1S/C18H21N3O3/c1-19-18(21-12-14-5-3-2-4-6-14)20-9-10-22-15-7-8-16-17(11-15)24-13-23-16/h2-8,11H,9-10,12-13H2,1H3,(H2,19,20,21). The molecule has 0 bridgehead atoms. The molecule has 1 aliphatic heterocycles. The average molecular weight is 327 g/mol. The van der Waals surface area contributed by atoms with E-state index in [0.29, 0.717) is 13.2 Å². The van der Waals surface area contributed by atoms with E-state index in [-0.39, 0.29) is 6.79 Å².